The number of rotatable bonds is 4. The van der Waals surface area contributed by atoms with Crippen molar-refractivity contribution < 1.29 is 0 Å². The third-order valence-corrected chi connectivity index (χ3v) is 3.65. The van der Waals surface area contributed by atoms with Crippen LogP contribution in [0, 0.1) is 11.3 Å². The van der Waals surface area contributed by atoms with E-state index in [1.165, 1.54) is 0 Å². The van der Waals surface area contributed by atoms with E-state index in [4.69, 9.17) is 5.73 Å². The highest BCUT2D eigenvalue weighted by Crippen LogP contribution is 2.25. The normalized spacial score (nSPS) is 16.6. The highest BCUT2D eigenvalue weighted by molar-refractivity contribution is 5.65. The van der Waals surface area contributed by atoms with Crippen LogP contribution >= 0.6 is 0 Å². The summed E-state index contributed by atoms with van der Waals surface area (Å²) in [6.07, 6.45) is 0. The fraction of sp³-hybridized carbons (Fsp3) is 0.692. The maximum absolute atomic E-state index is 9.34. The molecule has 110 valence electrons. The summed E-state index contributed by atoms with van der Waals surface area (Å²) >= 11 is 0. The topological polar surface area (TPSA) is 77.4 Å². The van der Waals surface area contributed by atoms with Crippen molar-refractivity contribution in [3.63, 3.8) is 0 Å². The number of piperazine rings is 1. The van der Waals surface area contributed by atoms with E-state index in [0.717, 1.165) is 38.5 Å². The number of nitrogens with two attached hydrogens (primary N) is 1. The van der Waals surface area contributed by atoms with Crippen LogP contribution in [0.3, 0.4) is 0 Å². The van der Waals surface area contributed by atoms with Gasteiger partial charge >= 0.3 is 0 Å². The highest BCUT2D eigenvalue weighted by Gasteiger charge is 2.23. The van der Waals surface area contributed by atoms with E-state index in [9.17, 15) is 5.26 Å². The molecule has 0 spiro atoms. The van der Waals surface area contributed by atoms with Crippen LogP contribution in [0.4, 0.5) is 11.6 Å². The Balaban J connectivity index is 2.20. The number of nitriles is 1. The summed E-state index contributed by atoms with van der Waals surface area (Å²) < 4.78 is 1.74. The van der Waals surface area contributed by atoms with Crippen LogP contribution in [0.1, 0.15) is 5.56 Å². The van der Waals surface area contributed by atoms with Gasteiger partial charge in [0.25, 0.3) is 0 Å². The van der Waals surface area contributed by atoms with Crippen molar-refractivity contribution >= 4 is 11.6 Å². The number of hydrogen-bond donors (Lipinski definition) is 1. The predicted molar refractivity (Wildman–Crippen MR) is 79.6 cm³/mol. The van der Waals surface area contributed by atoms with Crippen LogP contribution in [0.15, 0.2) is 0 Å². The van der Waals surface area contributed by atoms with E-state index in [-0.39, 0.29) is 0 Å². The number of hydrogen-bond acceptors (Lipinski definition) is 6. The number of nitrogens with zero attached hydrogens (tertiary/aromatic N) is 6. The van der Waals surface area contributed by atoms with Gasteiger partial charge in [0.05, 0.1) is 6.54 Å². The molecule has 0 atom stereocenters. The molecule has 0 aliphatic carbocycles. The number of likely N-dealkylation sites (N-methyl/N-ethyl adjacent to an activating group) is 2. The maximum Gasteiger partial charge on any atom is 0.171 e. The van der Waals surface area contributed by atoms with E-state index >= 15 is 0 Å². The van der Waals surface area contributed by atoms with Crippen molar-refractivity contribution in [1.29, 1.82) is 5.26 Å². The Labute approximate surface area is 120 Å². The molecule has 20 heavy (non-hydrogen) atoms. The smallest absolute Gasteiger partial charge is 0.171 e. The molecule has 2 N–H and O–H groups in total. The molecule has 1 aromatic rings. The Morgan fingerprint density at radius 1 is 1.30 bits per heavy atom. The van der Waals surface area contributed by atoms with Gasteiger partial charge in [0.2, 0.25) is 0 Å². The average molecular weight is 277 g/mol. The van der Waals surface area contributed by atoms with Gasteiger partial charge in [-0.15, -0.1) is 0 Å². The molecular formula is C13H23N7. The van der Waals surface area contributed by atoms with Crippen molar-refractivity contribution in [2.45, 2.75) is 6.54 Å². The number of nitrogen functional groups attached to an aromatic ring is 1. The third kappa shape index (κ3) is 3.03. The zero-order valence-corrected chi connectivity index (χ0v) is 12.5. The molecule has 1 aliphatic heterocycles. The van der Waals surface area contributed by atoms with E-state index < -0.39 is 0 Å². The van der Waals surface area contributed by atoms with Crippen molar-refractivity contribution in [3.05, 3.63) is 5.56 Å². The Morgan fingerprint density at radius 2 is 1.95 bits per heavy atom. The maximum atomic E-state index is 9.34. The second-order valence-electron chi connectivity index (χ2n) is 5.51. The summed E-state index contributed by atoms with van der Waals surface area (Å²) in [5.41, 5.74) is 6.56. The number of anilines is 2. The van der Waals surface area contributed by atoms with Gasteiger partial charge in [-0.2, -0.15) is 10.4 Å². The molecule has 0 aromatic carbocycles. The van der Waals surface area contributed by atoms with Crippen molar-refractivity contribution in [2.24, 2.45) is 0 Å². The minimum atomic E-state index is 0.475. The first-order valence-electron chi connectivity index (χ1n) is 6.87. The molecule has 2 heterocycles. The van der Waals surface area contributed by atoms with Gasteiger partial charge < -0.3 is 20.4 Å². The Kier molecular flexibility index (Phi) is 4.47. The van der Waals surface area contributed by atoms with E-state index in [1.807, 2.05) is 14.1 Å². The Bertz CT molecular complexity index is 492. The summed E-state index contributed by atoms with van der Waals surface area (Å²) in [6, 6.07) is 2.20. The zero-order valence-electron chi connectivity index (χ0n) is 12.5. The monoisotopic (exact) mass is 277 g/mol. The molecule has 7 heteroatoms. The fourth-order valence-electron chi connectivity index (χ4n) is 2.27. The first-order chi connectivity index (χ1) is 9.52. The molecule has 7 nitrogen and oxygen atoms in total. The molecular weight excluding hydrogens is 254 g/mol. The largest absolute Gasteiger partial charge is 0.383 e. The fourth-order valence-corrected chi connectivity index (χ4v) is 2.27. The summed E-state index contributed by atoms with van der Waals surface area (Å²) in [4.78, 5) is 6.50. The van der Waals surface area contributed by atoms with Gasteiger partial charge in [-0.3, -0.25) is 0 Å². The lowest BCUT2D eigenvalue weighted by Gasteiger charge is -2.32. The highest BCUT2D eigenvalue weighted by atomic mass is 15.4. The van der Waals surface area contributed by atoms with Gasteiger partial charge in [0, 0.05) is 32.7 Å². The minimum absolute atomic E-state index is 0.475. The summed E-state index contributed by atoms with van der Waals surface area (Å²) in [5, 5.41) is 13.9. The number of aromatic nitrogens is 2. The molecule has 1 aromatic heterocycles. The molecule has 0 radical (unpaired) electrons. The second-order valence-corrected chi connectivity index (χ2v) is 5.51. The zero-order chi connectivity index (χ0) is 14.7. The molecule has 1 fully saturated rings. The molecule has 1 aliphatic rings. The molecule has 0 amide bonds. The van der Waals surface area contributed by atoms with E-state index in [0.29, 0.717) is 17.9 Å². The van der Waals surface area contributed by atoms with Crippen LogP contribution in [0.25, 0.3) is 0 Å². The molecule has 0 bridgehead atoms. The minimum Gasteiger partial charge on any atom is -0.383 e. The average Bonchev–Trinajstić information content (AvgIpc) is 2.73. The molecule has 2 rings (SSSR count). The van der Waals surface area contributed by atoms with Crippen molar-refractivity contribution in [3.8, 4) is 6.07 Å². The quantitative estimate of drug-likeness (QED) is 0.810. The second kappa shape index (κ2) is 6.11. The lowest BCUT2D eigenvalue weighted by molar-refractivity contribution is 0.311. The van der Waals surface area contributed by atoms with Gasteiger partial charge in [0.15, 0.2) is 5.82 Å². The van der Waals surface area contributed by atoms with E-state index in [2.05, 4.69) is 32.9 Å². The van der Waals surface area contributed by atoms with Crippen molar-refractivity contribution in [2.75, 3.05) is 64.5 Å². The van der Waals surface area contributed by atoms with Crippen LogP contribution in [-0.2, 0) is 6.54 Å². The first-order valence-corrected chi connectivity index (χ1v) is 6.87. The summed E-state index contributed by atoms with van der Waals surface area (Å²) in [5.74, 6) is 1.21. The van der Waals surface area contributed by atoms with Gasteiger partial charge in [0.1, 0.15) is 17.5 Å². The summed E-state index contributed by atoms with van der Waals surface area (Å²) in [7, 11) is 6.12. The summed E-state index contributed by atoms with van der Waals surface area (Å²) in [6.45, 7) is 5.27. The molecule has 0 saturated carbocycles. The first kappa shape index (κ1) is 14.6. The van der Waals surface area contributed by atoms with E-state index in [1.54, 1.807) is 4.68 Å². The van der Waals surface area contributed by atoms with Crippen LogP contribution in [0.2, 0.25) is 0 Å². The molecule has 0 unspecified atom stereocenters. The van der Waals surface area contributed by atoms with Crippen molar-refractivity contribution in [1.82, 2.24) is 19.6 Å². The molecule has 1 saturated heterocycles. The van der Waals surface area contributed by atoms with Gasteiger partial charge in [-0.05, 0) is 21.1 Å². The predicted octanol–water partition coefficient (Wildman–Crippen LogP) is -0.350. The van der Waals surface area contributed by atoms with Crippen LogP contribution < -0.4 is 10.6 Å². The van der Waals surface area contributed by atoms with Crippen LogP contribution in [-0.4, -0.2) is 73.4 Å². The lowest BCUT2D eigenvalue weighted by Crippen LogP contribution is -2.45. The van der Waals surface area contributed by atoms with Gasteiger partial charge in [-0.25, -0.2) is 4.68 Å². The lowest BCUT2D eigenvalue weighted by atomic mass is 10.2. The Hall–Kier alpha value is -1.78. The van der Waals surface area contributed by atoms with Gasteiger partial charge in [-0.1, -0.05) is 0 Å². The standard InChI is InChI=1S/C13H23N7/c1-17(2)4-9-20-12(15)11(10-14)13(16-20)19-7-5-18(3)6-8-19/h4-9,15H2,1-3H3. The third-order valence-electron chi connectivity index (χ3n) is 3.65. The Morgan fingerprint density at radius 3 is 2.50 bits per heavy atom. The SMILES string of the molecule is CN(C)CCn1nc(N2CCN(C)CC2)c(C#N)c1N. The van der Waals surface area contributed by atoms with Crippen LogP contribution in [0.5, 0.6) is 0 Å².